The number of nitrogens with one attached hydrogen (secondary N) is 1. The molecule has 2 rings (SSSR count). The molecular weight excluding hydrogens is 240 g/mol. The lowest BCUT2D eigenvalue weighted by atomic mass is 10.1. The van der Waals surface area contributed by atoms with Crippen LogP contribution in [-0.2, 0) is 4.79 Å². The van der Waals surface area contributed by atoms with Crippen LogP contribution in [0.25, 0.3) is 0 Å². The molecule has 2 saturated heterocycles. The van der Waals surface area contributed by atoms with Gasteiger partial charge in [-0.2, -0.15) is 0 Å². The van der Waals surface area contributed by atoms with E-state index in [0.717, 1.165) is 25.9 Å². The minimum atomic E-state index is -0.0372. The average molecular weight is 268 g/mol. The predicted octanol–water partition coefficient (Wildman–Crippen LogP) is 0.705. The number of nitrogens with zero attached hydrogens (tertiary/aromatic N) is 2. The summed E-state index contributed by atoms with van der Waals surface area (Å²) in [6, 6.07) is 0.607. The highest BCUT2D eigenvalue weighted by Gasteiger charge is 2.34. The van der Waals surface area contributed by atoms with E-state index in [1.54, 1.807) is 0 Å². The SMILES string of the molecule is CCCC(C(=O)NN)N1CCC(N2CCCCC2)C1. The lowest BCUT2D eigenvalue weighted by Gasteiger charge is -2.33. The number of hydrazine groups is 1. The highest BCUT2D eigenvalue weighted by Crippen LogP contribution is 2.23. The van der Waals surface area contributed by atoms with Crippen molar-refractivity contribution in [3.63, 3.8) is 0 Å². The first-order valence-electron chi connectivity index (χ1n) is 7.74. The summed E-state index contributed by atoms with van der Waals surface area (Å²) in [7, 11) is 0. The van der Waals surface area contributed by atoms with Crippen molar-refractivity contribution in [2.45, 2.75) is 57.5 Å². The molecule has 3 N–H and O–H groups in total. The van der Waals surface area contributed by atoms with Crippen molar-refractivity contribution < 1.29 is 4.79 Å². The highest BCUT2D eigenvalue weighted by molar-refractivity contribution is 5.81. The van der Waals surface area contributed by atoms with Gasteiger partial charge in [0.15, 0.2) is 0 Å². The second-order valence-electron chi connectivity index (χ2n) is 5.85. The molecule has 110 valence electrons. The molecular formula is C14H28N4O. The van der Waals surface area contributed by atoms with Crippen molar-refractivity contribution in [1.29, 1.82) is 0 Å². The van der Waals surface area contributed by atoms with Gasteiger partial charge in [0.1, 0.15) is 0 Å². The Hall–Kier alpha value is -0.650. The van der Waals surface area contributed by atoms with Gasteiger partial charge in [-0.05, 0) is 38.8 Å². The molecule has 0 aliphatic carbocycles. The van der Waals surface area contributed by atoms with Gasteiger partial charge in [0, 0.05) is 19.1 Å². The Morgan fingerprint density at radius 3 is 2.68 bits per heavy atom. The van der Waals surface area contributed by atoms with E-state index in [9.17, 15) is 4.79 Å². The minimum absolute atomic E-state index is 0.0267. The van der Waals surface area contributed by atoms with Gasteiger partial charge in [0.25, 0.3) is 5.91 Å². The Morgan fingerprint density at radius 1 is 1.32 bits per heavy atom. The number of hydrogen-bond donors (Lipinski definition) is 2. The van der Waals surface area contributed by atoms with Gasteiger partial charge < -0.3 is 0 Å². The van der Waals surface area contributed by atoms with Crippen molar-refractivity contribution in [3.05, 3.63) is 0 Å². The molecule has 5 heteroatoms. The van der Waals surface area contributed by atoms with Crippen molar-refractivity contribution >= 4 is 5.91 Å². The van der Waals surface area contributed by atoms with Gasteiger partial charge in [0.2, 0.25) is 0 Å². The first-order valence-corrected chi connectivity index (χ1v) is 7.74. The van der Waals surface area contributed by atoms with Crippen molar-refractivity contribution in [3.8, 4) is 0 Å². The summed E-state index contributed by atoms with van der Waals surface area (Å²) in [5.74, 6) is 5.28. The summed E-state index contributed by atoms with van der Waals surface area (Å²) >= 11 is 0. The van der Waals surface area contributed by atoms with Crippen LogP contribution in [0, 0.1) is 0 Å². The van der Waals surface area contributed by atoms with Crippen LogP contribution in [0.15, 0.2) is 0 Å². The maximum absolute atomic E-state index is 11.9. The van der Waals surface area contributed by atoms with E-state index in [-0.39, 0.29) is 11.9 Å². The van der Waals surface area contributed by atoms with Crippen molar-refractivity contribution in [1.82, 2.24) is 15.2 Å². The van der Waals surface area contributed by atoms with Gasteiger partial charge in [-0.1, -0.05) is 19.8 Å². The van der Waals surface area contributed by atoms with Gasteiger partial charge in [-0.3, -0.25) is 20.0 Å². The molecule has 0 aromatic rings. The number of amides is 1. The smallest absolute Gasteiger partial charge is 0.251 e. The quantitative estimate of drug-likeness (QED) is 0.438. The van der Waals surface area contributed by atoms with Crippen LogP contribution < -0.4 is 11.3 Å². The predicted molar refractivity (Wildman–Crippen MR) is 76.4 cm³/mol. The van der Waals surface area contributed by atoms with Crippen LogP contribution >= 0.6 is 0 Å². The number of hydrogen-bond acceptors (Lipinski definition) is 4. The second kappa shape index (κ2) is 7.22. The standard InChI is InChI=1S/C14H28N4O/c1-2-6-13(14(19)16-15)18-10-7-12(11-18)17-8-4-3-5-9-17/h12-13H,2-11,15H2,1H3,(H,16,19). The molecule has 0 saturated carbocycles. The largest absolute Gasteiger partial charge is 0.299 e. The van der Waals surface area contributed by atoms with Crippen LogP contribution in [0.5, 0.6) is 0 Å². The van der Waals surface area contributed by atoms with E-state index < -0.39 is 0 Å². The van der Waals surface area contributed by atoms with Crippen molar-refractivity contribution in [2.75, 3.05) is 26.2 Å². The van der Waals surface area contributed by atoms with Gasteiger partial charge in [0.05, 0.1) is 6.04 Å². The molecule has 2 atom stereocenters. The van der Waals surface area contributed by atoms with E-state index in [1.165, 1.54) is 38.8 Å². The molecule has 2 fully saturated rings. The zero-order valence-electron chi connectivity index (χ0n) is 12.1. The van der Waals surface area contributed by atoms with E-state index in [2.05, 4.69) is 22.1 Å². The number of carbonyl (C=O) groups is 1. The minimum Gasteiger partial charge on any atom is -0.299 e. The van der Waals surface area contributed by atoms with E-state index in [0.29, 0.717) is 6.04 Å². The first-order chi connectivity index (χ1) is 9.26. The Balaban J connectivity index is 1.89. The zero-order chi connectivity index (χ0) is 13.7. The molecule has 19 heavy (non-hydrogen) atoms. The van der Waals surface area contributed by atoms with Crippen LogP contribution in [0.2, 0.25) is 0 Å². The molecule has 0 radical (unpaired) electrons. The monoisotopic (exact) mass is 268 g/mol. The first kappa shape index (κ1) is 14.8. The third-order valence-corrected chi connectivity index (χ3v) is 4.55. The Morgan fingerprint density at radius 2 is 2.05 bits per heavy atom. The molecule has 0 aromatic carbocycles. The van der Waals surface area contributed by atoms with Crippen LogP contribution in [0.3, 0.4) is 0 Å². The van der Waals surface area contributed by atoms with Gasteiger partial charge in [-0.25, -0.2) is 5.84 Å². The summed E-state index contributed by atoms with van der Waals surface area (Å²) in [4.78, 5) is 16.8. The molecule has 0 spiro atoms. The fourth-order valence-electron chi connectivity index (χ4n) is 3.48. The van der Waals surface area contributed by atoms with Gasteiger partial charge >= 0.3 is 0 Å². The Labute approximate surface area is 116 Å². The number of rotatable bonds is 5. The molecule has 5 nitrogen and oxygen atoms in total. The van der Waals surface area contributed by atoms with E-state index in [1.807, 2.05) is 0 Å². The molecule has 0 bridgehead atoms. The summed E-state index contributed by atoms with van der Waals surface area (Å²) in [5.41, 5.74) is 2.33. The average Bonchev–Trinajstić information content (AvgIpc) is 2.94. The molecule has 2 aliphatic rings. The Kier molecular flexibility index (Phi) is 5.60. The molecule has 2 unspecified atom stereocenters. The zero-order valence-corrected chi connectivity index (χ0v) is 12.1. The normalized spacial score (nSPS) is 27.4. The number of carbonyl (C=O) groups excluding carboxylic acids is 1. The topological polar surface area (TPSA) is 61.6 Å². The summed E-state index contributed by atoms with van der Waals surface area (Å²) in [6.07, 6.45) is 7.15. The maximum Gasteiger partial charge on any atom is 0.251 e. The lowest BCUT2D eigenvalue weighted by molar-refractivity contribution is -0.126. The number of likely N-dealkylation sites (tertiary alicyclic amines) is 2. The molecule has 2 aliphatic heterocycles. The molecule has 0 aromatic heterocycles. The fourth-order valence-corrected chi connectivity index (χ4v) is 3.48. The summed E-state index contributed by atoms with van der Waals surface area (Å²) < 4.78 is 0. The second-order valence-corrected chi connectivity index (χ2v) is 5.85. The summed E-state index contributed by atoms with van der Waals surface area (Å²) in [5, 5.41) is 0. The molecule has 2 heterocycles. The number of piperidine rings is 1. The molecule has 1 amide bonds. The van der Waals surface area contributed by atoms with Gasteiger partial charge in [-0.15, -0.1) is 0 Å². The lowest BCUT2D eigenvalue weighted by Crippen LogP contribution is -2.49. The maximum atomic E-state index is 11.9. The van der Waals surface area contributed by atoms with Crippen molar-refractivity contribution in [2.24, 2.45) is 5.84 Å². The van der Waals surface area contributed by atoms with E-state index in [4.69, 9.17) is 5.84 Å². The third kappa shape index (κ3) is 3.68. The van der Waals surface area contributed by atoms with Crippen LogP contribution in [0.4, 0.5) is 0 Å². The van der Waals surface area contributed by atoms with Crippen LogP contribution in [0.1, 0.15) is 45.4 Å². The fraction of sp³-hybridized carbons (Fsp3) is 0.929. The summed E-state index contributed by atoms with van der Waals surface area (Å²) in [6.45, 7) is 6.65. The third-order valence-electron chi connectivity index (χ3n) is 4.55. The highest BCUT2D eigenvalue weighted by atomic mass is 16.2. The van der Waals surface area contributed by atoms with Crippen LogP contribution in [-0.4, -0.2) is 54.0 Å². The van der Waals surface area contributed by atoms with E-state index >= 15 is 0 Å². The number of nitrogens with two attached hydrogens (primary N) is 1. The Bertz CT molecular complexity index is 291.